The largest absolute Gasteiger partial charge is 4.00 e. The molecule has 0 aromatic heterocycles. The molecule has 1 unspecified atom stereocenters. The maximum absolute atomic E-state index is 2.52. The van der Waals surface area contributed by atoms with Crippen LogP contribution in [0.4, 0.5) is 0 Å². The van der Waals surface area contributed by atoms with Gasteiger partial charge < -0.3 is 37.2 Å². The summed E-state index contributed by atoms with van der Waals surface area (Å²) in [5, 5.41) is 4.67. The molecule has 0 spiro atoms. The molecule has 5 rings (SSSR count). The van der Waals surface area contributed by atoms with Gasteiger partial charge in [-0.3, -0.25) is 0 Å². The Morgan fingerprint density at radius 2 is 1.00 bits per heavy atom. The molecule has 0 bridgehead atoms. The van der Waals surface area contributed by atoms with Gasteiger partial charge in [0.25, 0.3) is 0 Å². The molecule has 0 nitrogen and oxygen atoms in total. The number of allylic oxidation sites excluding steroid dienone is 4. The first-order valence-corrected chi connectivity index (χ1v) is 18.2. The molecule has 0 heterocycles. The molecule has 0 aliphatic heterocycles. The quantitative estimate of drug-likeness (QED) is 0.130. The van der Waals surface area contributed by atoms with Crippen molar-refractivity contribution in [3.05, 3.63) is 119 Å². The van der Waals surface area contributed by atoms with E-state index in [0.29, 0.717) is 5.92 Å². The van der Waals surface area contributed by atoms with E-state index >= 15 is 0 Å². The summed E-state index contributed by atoms with van der Waals surface area (Å²) >= 11 is 0. The van der Waals surface area contributed by atoms with E-state index in [2.05, 4.69) is 112 Å². The summed E-state index contributed by atoms with van der Waals surface area (Å²) < 4.78 is 0. The van der Waals surface area contributed by atoms with E-state index in [4.69, 9.17) is 0 Å². The predicted molar refractivity (Wildman–Crippen MR) is 178 cm³/mol. The maximum atomic E-state index is 2.52. The first-order chi connectivity index (χ1) is 19.7. The number of benzene rings is 3. The molecular weight excluding hydrogens is 651 g/mol. The summed E-state index contributed by atoms with van der Waals surface area (Å²) in [6, 6.07) is 29.8. The number of fused-ring (bicyclic) bond motifs is 1. The van der Waals surface area contributed by atoms with E-state index in [-0.39, 0.29) is 58.9 Å². The van der Waals surface area contributed by atoms with E-state index < -0.39 is 8.07 Å². The standard InChI is InChI=1S/C39H49Si.3ClH.Ti/c1-4-7-12-31-17-24-35(25-18-31)40(36-26-19-32(20-27-36)13-8-5-2,37-28-21-33(22-29-37)14-9-6-3)39-30-23-34-15-10-11-16-38(34)39;;;;/h10-11,16-22,24-29,34H,4-9,12-15,23,30H2,1-3H3;3*1H;/q-1;;;;+4/p-3. The Morgan fingerprint density at radius 3 is 1.36 bits per heavy atom. The molecule has 0 saturated heterocycles. The van der Waals surface area contributed by atoms with Gasteiger partial charge in [-0.2, -0.15) is 0 Å². The third-order valence-electron chi connectivity index (χ3n) is 9.43. The molecule has 44 heavy (non-hydrogen) atoms. The van der Waals surface area contributed by atoms with E-state index in [1.165, 1.54) is 93.7 Å². The molecule has 0 radical (unpaired) electrons. The van der Waals surface area contributed by atoms with Gasteiger partial charge in [0, 0.05) is 0 Å². The minimum absolute atomic E-state index is 0. The van der Waals surface area contributed by atoms with Crippen LogP contribution in [0.5, 0.6) is 0 Å². The van der Waals surface area contributed by atoms with Crippen LogP contribution in [-0.4, -0.2) is 8.07 Å². The van der Waals surface area contributed by atoms with Crippen LogP contribution in [0.15, 0.2) is 96.6 Å². The summed E-state index contributed by atoms with van der Waals surface area (Å²) in [6.07, 6.45) is 21.9. The molecule has 3 aromatic carbocycles. The molecule has 5 heteroatoms. The first kappa shape index (κ1) is 40.8. The van der Waals surface area contributed by atoms with Crippen LogP contribution < -0.4 is 52.8 Å². The minimum atomic E-state index is -2.45. The van der Waals surface area contributed by atoms with Gasteiger partial charge >= 0.3 is 21.7 Å². The van der Waals surface area contributed by atoms with Crippen LogP contribution in [-0.2, 0) is 41.0 Å². The van der Waals surface area contributed by atoms with Crippen molar-refractivity contribution < 1.29 is 58.9 Å². The maximum Gasteiger partial charge on any atom is 4.00 e. The zero-order valence-corrected chi connectivity index (χ0v) is 31.7. The molecule has 1 atom stereocenters. The fourth-order valence-electron chi connectivity index (χ4n) is 7.09. The SMILES string of the molecule is CCCCc1ccc([Si](c2ccc(CCCC)cc2)(c2ccc(CCCC)cc2)[C-]2CCC3CC=CC=C23)cc1.[Cl-].[Cl-].[Cl-].[Ti+4]. The van der Waals surface area contributed by atoms with Crippen molar-refractivity contribution in [1.82, 2.24) is 0 Å². The zero-order chi connectivity index (χ0) is 27.8. The van der Waals surface area contributed by atoms with Crippen LogP contribution in [0.2, 0.25) is 0 Å². The Bertz CT molecular complexity index is 1160. The number of halogens is 3. The molecule has 3 aromatic rings. The van der Waals surface area contributed by atoms with Gasteiger partial charge in [0.05, 0.1) is 8.07 Å². The van der Waals surface area contributed by atoms with Gasteiger partial charge in [-0.05, 0) is 67.6 Å². The third-order valence-corrected chi connectivity index (χ3v) is 14.5. The van der Waals surface area contributed by atoms with Gasteiger partial charge in [0.1, 0.15) is 0 Å². The zero-order valence-electron chi connectivity index (χ0n) is 26.9. The second-order valence-electron chi connectivity index (χ2n) is 12.2. The van der Waals surface area contributed by atoms with Crippen molar-refractivity contribution in [2.75, 3.05) is 0 Å². The van der Waals surface area contributed by atoms with Crippen molar-refractivity contribution in [2.45, 2.75) is 97.8 Å². The second-order valence-corrected chi connectivity index (χ2v) is 16.0. The van der Waals surface area contributed by atoms with Crippen LogP contribution in [0.1, 0.15) is 95.2 Å². The van der Waals surface area contributed by atoms with Gasteiger partial charge in [0.2, 0.25) is 0 Å². The Morgan fingerprint density at radius 1 is 0.614 bits per heavy atom. The average molecular weight is 700 g/mol. The normalized spacial score (nSPS) is 15.2. The summed E-state index contributed by atoms with van der Waals surface area (Å²) in [5.41, 5.74) is 7.84. The van der Waals surface area contributed by atoms with Crippen LogP contribution in [0.25, 0.3) is 0 Å². The van der Waals surface area contributed by atoms with Gasteiger partial charge in [0.15, 0.2) is 0 Å². The molecule has 2 aliphatic carbocycles. The summed E-state index contributed by atoms with van der Waals surface area (Å²) in [4.78, 5) is 0. The molecule has 0 N–H and O–H groups in total. The molecule has 0 amide bonds. The van der Waals surface area contributed by atoms with Crippen molar-refractivity contribution in [3.8, 4) is 0 Å². The number of hydrogen-bond acceptors (Lipinski definition) is 0. The van der Waals surface area contributed by atoms with Crippen LogP contribution in [0.3, 0.4) is 0 Å². The Hall–Kier alpha value is -1.19. The fraction of sp³-hybridized carbons (Fsp3) is 0.410. The van der Waals surface area contributed by atoms with E-state index in [1.54, 1.807) is 26.7 Å². The molecule has 1 saturated carbocycles. The number of aryl methyl sites for hydroxylation is 3. The van der Waals surface area contributed by atoms with Gasteiger partial charge in [-0.1, -0.05) is 141 Å². The van der Waals surface area contributed by atoms with Crippen molar-refractivity contribution >= 4 is 23.6 Å². The second kappa shape index (κ2) is 20.1. The molecule has 234 valence electrons. The Labute approximate surface area is 303 Å². The Balaban J connectivity index is 0.00000242. The number of hydrogen-bond donors (Lipinski definition) is 0. The summed E-state index contributed by atoms with van der Waals surface area (Å²) in [6.45, 7) is 6.88. The van der Waals surface area contributed by atoms with Crippen molar-refractivity contribution in [2.24, 2.45) is 5.92 Å². The van der Waals surface area contributed by atoms with Gasteiger partial charge in [-0.15, -0.1) is 12.2 Å². The summed E-state index contributed by atoms with van der Waals surface area (Å²) in [5.74, 6) is 0.684. The summed E-state index contributed by atoms with van der Waals surface area (Å²) in [7, 11) is -2.45. The van der Waals surface area contributed by atoms with E-state index in [1.807, 2.05) is 0 Å². The topological polar surface area (TPSA) is 0 Å². The smallest absolute Gasteiger partial charge is 1.00 e. The van der Waals surface area contributed by atoms with E-state index in [9.17, 15) is 0 Å². The van der Waals surface area contributed by atoms with Gasteiger partial charge in [-0.25, -0.2) is 17.2 Å². The third kappa shape index (κ3) is 8.99. The average Bonchev–Trinajstić information content (AvgIpc) is 3.44. The first-order valence-electron chi connectivity index (χ1n) is 16.2. The van der Waals surface area contributed by atoms with E-state index in [0.717, 1.165) is 0 Å². The fourth-order valence-corrected chi connectivity index (χ4v) is 12.4. The number of rotatable bonds is 13. The minimum Gasteiger partial charge on any atom is -1.00 e. The monoisotopic (exact) mass is 698 g/mol. The van der Waals surface area contributed by atoms with Crippen molar-refractivity contribution in [1.29, 1.82) is 0 Å². The van der Waals surface area contributed by atoms with Crippen molar-refractivity contribution in [3.63, 3.8) is 0 Å². The van der Waals surface area contributed by atoms with Crippen LogP contribution >= 0.6 is 0 Å². The molecule has 1 fully saturated rings. The van der Waals surface area contributed by atoms with Crippen LogP contribution in [0, 0.1) is 11.5 Å². The Kier molecular flexibility index (Phi) is 18.7. The number of unbranched alkanes of at least 4 members (excludes halogenated alkanes) is 3. The molecule has 2 aliphatic rings. The molecular formula is C39H49Cl3SiTi. The predicted octanol–water partition coefficient (Wildman–Crippen LogP) is -0.396.